The standard InChI is InChI=1S/C11H22ClNO2S/c1-2-4-11-5-8-13(9-6-11)7-3-10-16(12,14)15/h11H,2-10H2,1H3. The molecule has 0 aromatic carbocycles. The zero-order valence-electron chi connectivity index (χ0n) is 9.99. The molecule has 1 aliphatic rings. The summed E-state index contributed by atoms with van der Waals surface area (Å²) in [5.74, 6) is 0.988. The van der Waals surface area contributed by atoms with E-state index in [0.717, 1.165) is 25.6 Å². The Morgan fingerprint density at radius 2 is 1.94 bits per heavy atom. The van der Waals surface area contributed by atoms with Crippen molar-refractivity contribution in [2.45, 2.75) is 39.0 Å². The highest BCUT2D eigenvalue weighted by Crippen LogP contribution is 2.21. The molecule has 1 fully saturated rings. The predicted octanol–water partition coefficient (Wildman–Crippen LogP) is 2.46. The Bertz CT molecular complexity index is 284. The third-order valence-electron chi connectivity index (χ3n) is 3.27. The molecule has 0 bridgehead atoms. The SMILES string of the molecule is CCCC1CCN(CCCS(=O)(=O)Cl)CC1. The second-order valence-electron chi connectivity index (χ2n) is 4.67. The van der Waals surface area contributed by atoms with E-state index in [1.807, 2.05) is 0 Å². The van der Waals surface area contributed by atoms with Gasteiger partial charge in [-0.25, -0.2) is 8.42 Å². The van der Waals surface area contributed by atoms with Crippen molar-refractivity contribution in [3.63, 3.8) is 0 Å². The average Bonchev–Trinajstić information content (AvgIpc) is 2.19. The fraction of sp³-hybridized carbons (Fsp3) is 1.00. The van der Waals surface area contributed by atoms with Crippen LogP contribution in [0.15, 0.2) is 0 Å². The Labute approximate surface area is 104 Å². The van der Waals surface area contributed by atoms with Gasteiger partial charge in [0, 0.05) is 10.7 Å². The minimum Gasteiger partial charge on any atom is -0.303 e. The van der Waals surface area contributed by atoms with Crippen LogP contribution in [0.4, 0.5) is 0 Å². The third kappa shape index (κ3) is 6.06. The summed E-state index contributed by atoms with van der Waals surface area (Å²) in [6, 6.07) is 0. The molecule has 1 saturated heterocycles. The van der Waals surface area contributed by atoms with Crippen LogP contribution in [0.3, 0.4) is 0 Å². The lowest BCUT2D eigenvalue weighted by Gasteiger charge is -2.31. The fourth-order valence-electron chi connectivity index (χ4n) is 2.37. The molecule has 0 aliphatic carbocycles. The summed E-state index contributed by atoms with van der Waals surface area (Å²) in [4.78, 5) is 2.36. The highest BCUT2D eigenvalue weighted by molar-refractivity contribution is 8.13. The van der Waals surface area contributed by atoms with Crippen LogP contribution in [0.5, 0.6) is 0 Å². The first kappa shape index (κ1) is 14.3. The van der Waals surface area contributed by atoms with Gasteiger partial charge in [0.2, 0.25) is 9.05 Å². The topological polar surface area (TPSA) is 37.4 Å². The predicted molar refractivity (Wildman–Crippen MR) is 68.3 cm³/mol. The highest BCUT2D eigenvalue weighted by atomic mass is 35.7. The van der Waals surface area contributed by atoms with Crippen LogP contribution in [-0.4, -0.2) is 38.7 Å². The van der Waals surface area contributed by atoms with Gasteiger partial charge in [0.1, 0.15) is 0 Å². The second kappa shape index (κ2) is 6.82. The molecule has 1 aliphatic heterocycles. The molecule has 1 rings (SSSR count). The van der Waals surface area contributed by atoms with E-state index in [0.29, 0.717) is 6.42 Å². The molecule has 0 radical (unpaired) electrons. The number of hydrogen-bond acceptors (Lipinski definition) is 3. The molecular formula is C11H22ClNO2S. The minimum absolute atomic E-state index is 0.101. The van der Waals surface area contributed by atoms with E-state index in [1.54, 1.807) is 0 Å². The third-order valence-corrected chi connectivity index (χ3v) is 4.51. The summed E-state index contributed by atoms with van der Waals surface area (Å²) < 4.78 is 21.5. The summed E-state index contributed by atoms with van der Waals surface area (Å²) in [6.07, 6.45) is 5.80. The van der Waals surface area contributed by atoms with E-state index in [-0.39, 0.29) is 5.75 Å². The zero-order chi connectivity index (χ0) is 12.0. The van der Waals surface area contributed by atoms with Crippen molar-refractivity contribution in [2.24, 2.45) is 5.92 Å². The van der Waals surface area contributed by atoms with Gasteiger partial charge >= 0.3 is 0 Å². The molecule has 0 saturated carbocycles. The van der Waals surface area contributed by atoms with Crippen molar-refractivity contribution < 1.29 is 8.42 Å². The molecule has 3 nitrogen and oxygen atoms in total. The molecule has 0 aromatic heterocycles. The van der Waals surface area contributed by atoms with E-state index in [1.165, 1.54) is 25.7 Å². The van der Waals surface area contributed by atoms with Gasteiger partial charge in [-0.3, -0.25) is 0 Å². The Hall–Kier alpha value is 0.200. The fourth-order valence-corrected chi connectivity index (χ4v) is 3.17. The first-order chi connectivity index (χ1) is 7.51. The molecule has 0 amide bonds. The number of hydrogen-bond donors (Lipinski definition) is 0. The van der Waals surface area contributed by atoms with E-state index in [2.05, 4.69) is 11.8 Å². The quantitative estimate of drug-likeness (QED) is 0.694. The maximum Gasteiger partial charge on any atom is 0.232 e. The zero-order valence-corrected chi connectivity index (χ0v) is 11.6. The van der Waals surface area contributed by atoms with E-state index >= 15 is 0 Å². The van der Waals surface area contributed by atoms with Crippen molar-refractivity contribution in [3.8, 4) is 0 Å². The van der Waals surface area contributed by atoms with Crippen LogP contribution in [0.25, 0.3) is 0 Å². The van der Waals surface area contributed by atoms with Gasteiger partial charge in [0.25, 0.3) is 0 Å². The van der Waals surface area contributed by atoms with Crippen molar-refractivity contribution >= 4 is 19.7 Å². The molecule has 0 atom stereocenters. The van der Waals surface area contributed by atoms with Gasteiger partial charge in [0.15, 0.2) is 0 Å². The van der Waals surface area contributed by atoms with E-state index < -0.39 is 9.05 Å². The highest BCUT2D eigenvalue weighted by Gasteiger charge is 2.18. The lowest BCUT2D eigenvalue weighted by Crippen LogP contribution is -2.34. The van der Waals surface area contributed by atoms with E-state index in [4.69, 9.17) is 10.7 Å². The Kier molecular flexibility index (Phi) is 6.08. The second-order valence-corrected chi connectivity index (χ2v) is 7.57. The Morgan fingerprint density at radius 1 is 1.31 bits per heavy atom. The van der Waals surface area contributed by atoms with Gasteiger partial charge in [-0.15, -0.1) is 0 Å². The Balaban J connectivity index is 2.13. The van der Waals surface area contributed by atoms with Crippen LogP contribution in [-0.2, 0) is 9.05 Å². The Morgan fingerprint density at radius 3 is 2.44 bits per heavy atom. The van der Waals surface area contributed by atoms with Crippen molar-refractivity contribution in [1.82, 2.24) is 4.90 Å². The summed E-state index contributed by atoms with van der Waals surface area (Å²) in [5, 5.41) is 0. The molecule has 16 heavy (non-hydrogen) atoms. The maximum absolute atomic E-state index is 10.8. The molecule has 0 N–H and O–H groups in total. The van der Waals surface area contributed by atoms with Crippen LogP contribution in [0.1, 0.15) is 39.0 Å². The van der Waals surface area contributed by atoms with Gasteiger partial charge in [0.05, 0.1) is 5.75 Å². The van der Waals surface area contributed by atoms with Gasteiger partial charge in [-0.1, -0.05) is 19.8 Å². The molecule has 5 heteroatoms. The van der Waals surface area contributed by atoms with Gasteiger partial charge in [-0.05, 0) is 44.8 Å². The number of piperidine rings is 1. The summed E-state index contributed by atoms with van der Waals surface area (Å²) in [5.41, 5.74) is 0. The summed E-state index contributed by atoms with van der Waals surface area (Å²) >= 11 is 0. The number of nitrogens with zero attached hydrogens (tertiary/aromatic N) is 1. The molecule has 0 unspecified atom stereocenters. The monoisotopic (exact) mass is 267 g/mol. The summed E-state index contributed by atoms with van der Waals surface area (Å²) in [6.45, 7) is 5.34. The normalized spacial score (nSPS) is 20.1. The first-order valence-corrected chi connectivity index (χ1v) is 8.64. The number of likely N-dealkylation sites (tertiary alicyclic amines) is 1. The van der Waals surface area contributed by atoms with Crippen molar-refractivity contribution in [2.75, 3.05) is 25.4 Å². The lowest BCUT2D eigenvalue weighted by atomic mass is 9.92. The van der Waals surface area contributed by atoms with Crippen LogP contribution in [0, 0.1) is 5.92 Å². The number of halogens is 1. The van der Waals surface area contributed by atoms with Gasteiger partial charge in [-0.2, -0.15) is 0 Å². The largest absolute Gasteiger partial charge is 0.303 e. The van der Waals surface area contributed by atoms with Gasteiger partial charge < -0.3 is 4.90 Å². The summed E-state index contributed by atoms with van der Waals surface area (Å²) in [7, 11) is 1.87. The molecule has 96 valence electrons. The molecular weight excluding hydrogens is 246 g/mol. The van der Waals surface area contributed by atoms with Crippen molar-refractivity contribution in [3.05, 3.63) is 0 Å². The van der Waals surface area contributed by atoms with Crippen LogP contribution >= 0.6 is 10.7 Å². The molecule has 0 aromatic rings. The molecule has 0 spiro atoms. The first-order valence-electron chi connectivity index (χ1n) is 6.16. The maximum atomic E-state index is 10.8. The average molecular weight is 268 g/mol. The smallest absolute Gasteiger partial charge is 0.232 e. The van der Waals surface area contributed by atoms with Crippen molar-refractivity contribution in [1.29, 1.82) is 0 Å². The minimum atomic E-state index is -3.30. The van der Waals surface area contributed by atoms with Crippen LogP contribution in [0.2, 0.25) is 0 Å². The number of rotatable bonds is 6. The van der Waals surface area contributed by atoms with Crippen LogP contribution < -0.4 is 0 Å². The van der Waals surface area contributed by atoms with E-state index in [9.17, 15) is 8.42 Å². The lowest BCUT2D eigenvalue weighted by molar-refractivity contribution is 0.179. The molecule has 1 heterocycles.